The van der Waals surface area contributed by atoms with Crippen LogP contribution in [0.3, 0.4) is 0 Å². The number of ether oxygens (including phenoxy) is 1. The first-order chi connectivity index (χ1) is 9.62. The molecule has 0 aliphatic rings. The molecule has 6 nitrogen and oxygen atoms in total. The molecule has 1 unspecified atom stereocenters. The molecule has 0 aliphatic carbocycles. The van der Waals surface area contributed by atoms with Gasteiger partial charge in [-0.25, -0.2) is 12.8 Å². The summed E-state index contributed by atoms with van der Waals surface area (Å²) in [5.41, 5.74) is 5.07. The predicted octanol–water partition coefficient (Wildman–Crippen LogP) is 1.45. The van der Waals surface area contributed by atoms with Crippen LogP contribution >= 0.6 is 27.5 Å². The van der Waals surface area contributed by atoms with Gasteiger partial charge in [0.15, 0.2) is 5.82 Å². The molecule has 0 spiro atoms. The van der Waals surface area contributed by atoms with Crippen LogP contribution in [0.15, 0.2) is 15.4 Å². The normalized spacial score (nSPS) is 13.7. The van der Waals surface area contributed by atoms with Crippen molar-refractivity contribution in [1.82, 2.24) is 4.31 Å². The van der Waals surface area contributed by atoms with Gasteiger partial charge >= 0.3 is 0 Å². The van der Waals surface area contributed by atoms with Gasteiger partial charge in [-0.1, -0.05) is 11.6 Å². The number of anilines is 1. The van der Waals surface area contributed by atoms with Crippen molar-refractivity contribution < 1.29 is 22.7 Å². The van der Waals surface area contributed by atoms with Gasteiger partial charge in [-0.2, -0.15) is 4.31 Å². The summed E-state index contributed by atoms with van der Waals surface area (Å²) in [6.45, 7) is -0.311. The third kappa shape index (κ3) is 4.05. The maximum Gasteiger partial charge on any atom is 0.245 e. The molecular formula is C11H15BrClFN2O4S. The van der Waals surface area contributed by atoms with Gasteiger partial charge in [0.1, 0.15) is 4.90 Å². The second-order valence-corrected chi connectivity index (χ2v) is 7.51. The molecule has 0 heterocycles. The van der Waals surface area contributed by atoms with Crippen LogP contribution in [-0.2, 0) is 14.8 Å². The monoisotopic (exact) mass is 404 g/mol. The fourth-order valence-corrected chi connectivity index (χ4v) is 3.47. The number of rotatable bonds is 6. The molecule has 0 aromatic heterocycles. The molecule has 1 aromatic rings. The number of hydrogen-bond acceptors (Lipinski definition) is 5. The Balaban J connectivity index is 3.20. The highest BCUT2D eigenvalue weighted by molar-refractivity contribution is 9.10. The van der Waals surface area contributed by atoms with Gasteiger partial charge in [0.2, 0.25) is 10.0 Å². The fraction of sp³-hybridized carbons (Fsp3) is 0.455. The van der Waals surface area contributed by atoms with E-state index in [9.17, 15) is 17.9 Å². The average Bonchev–Trinajstić information content (AvgIpc) is 2.40. The van der Waals surface area contributed by atoms with E-state index in [-0.39, 0.29) is 22.6 Å². The summed E-state index contributed by atoms with van der Waals surface area (Å²) in [6.07, 6.45) is -1.04. The number of sulfonamides is 1. The Hall–Kier alpha value is -0.450. The summed E-state index contributed by atoms with van der Waals surface area (Å²) in [5.74, 6) is -1.10. The third-order valence-electron chi connectivity index (χ3n) is 2.67. The van der Waals surface area contributed by atoms with Gasteiger partial charge < -0.3 is 15.6 Å². The maximum absolute atomic E-state index is 14.1. The molecular weight excluding hydrogens is 391 g/mol. The lowest BCUT2D eigenvalue weighted by Crippen LogP contribution is -2.36. The first-order valence-electron chi connectivity index (χ1n) is 5.69. The maximum atomic E-state index is 14.1. The number of aliphatic hydroxyl groups excluding tert-OH is 1. The molecule has 120 valence electrons. The summed E-state index contributed by atoms with van der Waals surface area (Å²) >= 11 is 8.78. The van der Waals surface area contributed by atoms with Gasteiger partial charge in [0, 0.05) is 20.7 Å². The molecule has 0 bridgehead atoms. The lowest BCUT2D eigenvalue weighted by Gasteiger charge is -2.21. The van der Waals surface area contributed by atoms with Crippen molar-refractivity contribution in [2.45, 2.75) is 11.0 Å². The molecule has 0 saturated carbocycles. The van der Waals surface area contributed by atoms with Gasteiger partial charge in [0.25, 0.3) is 0 Å². The van der Waals surface area contributed by atoms with Crippen LogP contribution < -0.4 is 5.73 Å². The lowest BCUT2D eigenvalue weighted by molar-refractivity contribution is 0.0554. The number of halogens is 3. The summed E-state index contributed by atoms with van der Waals surface area (Å²) in [7, 11) is -1.61. The molecule has 0 aliphatic heterocycles. The van der Waals surface area contributed by atoms with E-state index in [0.717, 1.165) is 10.4 Å². The Morgan fingerprint density at radius 3 is 2.71 bits per heavy atom. The minimum absolute atomic E-state index is 0.0293. The van der Waals surface area contributed by atoms with Crippen LogP contribution in [0.25, 0.3) is 0 Å². The van der Waals surface area contributed by atoms with Crippen LogP contribution in [0.4, 0.5) is 10.1 Å². The van der Waals surface area contributed by atoms with Crippen LogP contribution in [0.2, 0.25) is 5.02 Å². The highest BCUT2D eigenvalue weighted by atomic mass is 79.9. The van der Waals surface area contributed by atoms with E-state index >= 15 is 0 Å². The molecule has 1 aromatic carbocycles. The number of nitrogens with zero attached hydrogens (tertiary/aromatic N) is 1. The van der Waals surface area contributed by atoms with Crippen molar-refractivity contribution in [1.29, 1.82) is 0 Å². The largest absolute Gasteiger partial charge is 0.395 e. The Labute approximate surface area is 135 Å². The number of nitrogens with two attached hydrogens (primary N) is 1. The van der Waals surface area contributed by atoms with E-state index in [4.69, 9.17) is 22.1 Å². The van der Waals surface area contributed by atoms with Crippen molar-refractivity contribution in [3.05, 3.63) is 21.4 Å². The first kappa shape index (κ1) is 18.6. The Kier molecular flexibility index (Phi) is 6.38. The highest BCUT2D eigenvalue weighted by Gasteiger charge is 2.29. The molecule has 1 atom stereocenters. The molecule has 10 heteroatoms. The van der Waals surface area contributed by atoms with E-state index in [2.05, 4.69) is 15.9 Å². The van der Waals surface area contributed by atoms with Gasteiger partial charge in [-0.3, -0.25) is 0 Å². The zero-order chi connectivity index (χ0) is 16.4. The van der Waals surface area contributed by atoms with Gasteiger partial charge in [-0.05, 0) is 22.0 Å². The molecule has 3 N–H and O–H groups in total. The van der Waals surface area contributed by atoms with Crippen LogP contribution in [-0.4, -0.2) is 51.2 Å². The number of benzene rings is 1. The minimum Gasteiger partial charge on any atom is -0.395 e. The van der Waals surface area contributed by atoms with Crippen molar-refractivity contribution in [3.8, 4) is 0 Å². The predicted molar refractivity (Wildman–Crippen MR) is 81.2 cm³/mol. The molecule has 0 radical (unpaired) electrons. The number of nitrogen functional groups attached to an aromatic ring is 1. The van der Waals surface area contributed by atoms with Gasteiger partial charge in [-0.15, -0.1) is 0 Å². The second kappa shape index (κ2) is 7.21. The minimum atomic E-state index is -4.19. The standard InChI is InChI=1S/C11H15BrClFN2O4S/c1-16(4-6(17)5-20-2)21(18,19)8-3-7(13)9(12)11(15)10(8)14/h3,6,17H,4-5,15H2,1-2H3. The quantitative estimate of drug-likeness (QED) is 0.552. The summed E-state index contributed by atoms with van der Waals surface area (Å²) < 4.78 is 44.3. The number of methoxy groups -OCH3 is 1. The summed E-state index contributed by atoms with van der Waals surface area (Å²) in [4.78, 5) is -0.652. The highest BCUT2D eigenvalue weighted by Crippen LogP contribution is 2.35. The van der Waals surface area contributed by atoms with Gasteiger partial charge in [0.05, 0.1) is 27.9 Å². The fourth-order valence-electron chi connectivity index (χ4n) is 1.60. The van der Waals surface area contributed by atoms with Crippen molar-refractivity contribution in [2.75, 3.05) is 33.0 Å². The molecule has 1 rings (SSSR count). The third-order valence-corrected chi connectivity index (χ3v) is 5.88. The molecule has 0 fully saturated rings. The van der Waals surface area contributed by atoms with Crippen molar-refractivity contribution in [3.63, 3.8) is 0 Å². The van der Waals surface area contributed by atoms with Crippen molar-refractivity contribution in [2.24, 2.45) is 0 Å². The Bertz CT molecular complexity index is 629. The average molecular weight is 406 g/mol. The number of aliphatic hydroxyl groups is 1. The number of likely N-dealkylation sites (N-methyl/N-ethyl adjacent to an activating group) is 1. The van der Waals surface area contributed by atoms with E-state index in [1.165, 1.54) is 14.2 Å². The van der Waals surface area contributed by atoms with Crippen molar-refractivity contribution >= 4 is 43.2 Å². The van der Waals surface area contributed by atoms with E-state index in [1.54, 1.807) is 0 Å². The SMILES string of the molecule is COCC(O)CN(C)S(=O)(=O)c1cc(Cl)c(Br)c(N)c1F. The molecule has 0 amide bonds. The van der Waals surface area contributed by atoms with E-state index < -0.39 is 32.5 Å². The summed E-state index contributed by atoms with van der Waals surface area (Å²) in [6, 6.07) is 0.964. The van der Waals surface area contributed by atoms with E-state index in [1.807, 2.05) is 0 Å². The Morgan fingerprint density at radius 2 is 2.19 bits per heavy atom. The smallest absolute Gasteiger partial charge is 0.245 e. The zero-order valence-corrected chi connectivity index (χ0v) is 14.5. The van der Waals surface area contributed by atoms with E-state index in [0.29, 0.717) is 0 Å². The first-order valence-corrected chi connectivity index (χ1v) is 8.30. The molecule has 0 saturated heterocycles. The van der Waals surface area contributed by atoms with Crippen LogP contribution in [0, 0.1) is 5.82 Å². The van der Waals surface area contributed by atoms with Crippen LogP contribution in [0.5, 0.6) is 0 Å². The Morgan fingerprint density at radius 1 is 1.62 bits per heavy atom. The van der Waals surface area contributed by atoms with Crippen LogP contribution in [0.1, 0.15) is 0 Å². The zero-order valence-electron chi connectivity index (χ0n) is 11.3. The number of hydrogen-bond donors (Lipinski definition) is 2. The topological polar surface area (TPSA) is 92.9 Å². The molecule has 21 heavy (non-hydrogen) atoms. The summed E-state index contributed by atoms with van der Waals surface area (Å²) in [5, 5.41) is 9.54. The lowest BCUT2D eigenvalue weighted by atomic mass is 10.3. The second-order valence-electron chi connectivity index (χ2n) is 4.29.